The Bertz CT molecular complexity index is 344. The van der Waals surface area contributed by atoms with Gasteiger partial charge < -0.3 is 5.32 Å². The molecule has 2 bridgehead atoms. The summed E-state index contributed by atoms with van der Waals surface area (Å²) in [5.74, 6) is 0.0875. The SMILES string of the molecule is CNC1CC2CCCC(C1)N2CCS(N)(=O)=O. The zero-order valence-electron chi connectivity index (χ0n) is 10.4. The minimum atomic E-state index is -3.33. The summed E-state index contributed by atoms with van der Waals surface area (Å²) in [6.45, 7) is 0.602. The number of piperidine rings is 2. The van der Waals surface area contributed by atoms with Crippen LogP contribution in [0.5, 0.6) is 0 Å². The van der Waals surface area contributed by atoms with E-state index in [1.165, 1.54) is 19.3 Å². The van der Waals surface area contributed by atoms with Gasteiger partial charge in [-0.2, -0.15) is 0 Å². The quantitative estimate of drug-likeness (QED) is 0.740. The van der Waals surface area contributed by atoms with Crippen molar-refractivity contribution >= 4 is 10.0 Å². The second-order valence-electron chi connectivity index (χ2n) is 5.30. The molecule has 2 aliphatic rings. The van der Waals surface area contributed by atoms with Crippen LogP contribution in [0.3, 0.4) is 0 Å². The van der Waals surface area contributed by atoms with Crippen LogP contribution < -0.4 is 10.5 Å². The van der Waals surface area contributed by atoms with Crippen LogP contribution in [0.4, 0.5) is 0 Å². The minimum absolute atomic E-state index is 0.0875. The number of sulfonamides is 1. The molecular weight excluding hydrogens is 238 g/mol. The first-order valence-electron chi connectivity index (χ1n) is 6.43. The third-order valence-corrected chi connectivity index (χ3v) is 4.92. The van der Waals surface area contributed by atoms with Crippen molar-refractivity contribution < 1.29 is 8.42 Å². The van der Waals surface area contributed by atoms with E-state index < -0.39 is 10.0 Å². The molecular formula is C11H23N3O2S. The molecule has 0 aromatic heterocycles. The van der Waals surface area contributed by atoms with Gasteiger partial charge in [-0.3, -0.25) is 4.90 Å². The van der Waals surface area contributed by atoms with Crippen molar-refractivity contribution in [1.82, 2.24) is 10.2 Å². The first kappa shape index (κ1) is 13.3. The molecule has 2 fully saturated rings. The highest BCUT2D eigenvalue weighted by Gasteiger charge is 2.37. The molecule has 100 valence electrons. The van der Waals surface area contributed by atoms with Crippen molar-refractivity contribution in [2.24, 2.45) is 5.14 Å². The Balaban J connectivity index is 1.98. The second kappa shape index (κ2) is 5.22. The van der Waals surface area contributed by atoms with E-state index in [0.29, 0.717) is 24.7 Å². The summed E-state index contributed by atoms with van der Waals surface area (Å²) >= 11 is 0. The molecule has 2 saturated heterocycles. The van der Waals surface area contributed by atoms with Gasteiger partial charge in [0.1, 0.15) is 0 Å². The molecule has 0 spiro atoms. The molecule has 6 heteroatoms. The van der Waals surface area contributed by atoms with Gasteiger partial charge in [0.15, 0.2) is 0 Å². The molecule has 2 unspecified atom stereocenters. The summed E-state index contributed by atoms with van der Waals surface area (Å²) in [5.41, 5.74) is 0. The largest absolute Gasteiger partial charge is 0.317 e. The highest BCUT2D eigenvalue weighted by atomic mass is 32.2. The molecule has 0 aliphatic carbocycles. The maximum Gasteiger partial charge on any atom is 0.210 e. The summed E-state index contributed by atoms with van der Waals surface area (Å²) in [4.78, 5) is 2.38. The maximum absolute atomic E-state index is 11.1. The molecule has 0 aromatic rings. The predicted molar refractivity (Wildman–Crippen MR) is 68.2 cm³/mol. The first-order chi connectivity index (χ1) is 7.99. The van der Waals surface area contributed by atoms with E-state index in [-0.39, 0.29) is 5.75 Å². The van der Waals surface area contributed by atoms with Gasteiger partial charge in [0.05, 0.1) is 5.75 Å². The number of nitrogens with one attached hydrogen (secondary N) is 1. The minimum Gasteiger partial charge on any atom is -0.317 e. The molecule has 2 rings (SSSR count). The molecule has 0 radical (unpaired) electrons. The molecule has 0 aromatic carbocycles. The van der Waals surface area contributed by atoms with Crippen LogP contribution in [0.15, 0.2) is 0 Å². The number of nitrogens with zero attached hydrogens (tertiary/aromatic N) is 1. The highest BCUT2D eigenvalue weighted by Crippen LogP contribution is 2.33. The van der Waals surface area contributed by atoms with Gasteiger partial charge >= 0.3 is 0 Å². The lowest BCUT2D eigenvalue weighted by molar-refractivity contribution is 0.0315. The highest BCUT2D eigenvalue weighted by molar-refractivity contribution is 7.89. The Morgan fingerprint density at radius 1 is 1.29 bits per heavy atom. The molecule has 2 atom stereocenters. The smallest absolute Gasteiger partial charge is 0.210 e. The molecule has 2 aliphatic heterocycles. The number of fused-ring (bicyclic) bond motifs is 2. The Morgan fingerprint density at radius 3 is 2.35 bits per heavy atom. The molecule has 0 amide bonds. The normalized spacial score (nSPS) is 34.8. The van der Waals surface area contributed by atoms with Gasteiger partial charge in [0, 0.05) is 24.7 Å². The Morgan fingerprint density at radius 2 is 1.88 bits per heavy atom. The van der Waals surface area contributed by atoms with E-state index in [1.807, 2.05) is 7.05 Å². The first-order valence-corrected chi connectivity index (χ1v) is 8.14. The van der Waals surface area contributed by atoms with Crippen molar-refractivity contribution in [3.05, 3.63) is 0 Å². The number of hydrogen-bond donors (Lipinski definition) is 2. The van der Waals surface area contributed by atoms with Crippen LogP contribution >= 0.6 is 0 Å². The van der Waals surface area contributed by atoms with Gasteiger partial charge in [-0.15, -0.1) is 0 Å². The van der Waals surface area contributed by atoms with E-state index in [0.717, 1.165) is 12.8 Å². The summed E-state index contributed by atoms with van der Waals surface area (Å²) in [5, 5.41) is 8.45. The summed E-state index contributed by atoms with van der Waals surface area (Å²) < 4.78 is 22.1. The van der Waals surface area contributed by atoms with Gasteiger partial charge in [-0.1, -0.05) is 6.42 Å². The van der Waals surface area contributed by atoms with Crippen molar-refractivity contribution in [3.8, 4) is 0 Å². The molecule has 3 N–H and O–H groups in total. The maximum atomic E-state index is 11.1. The van der Waals surface area contributed by atoms with E-state index in [4.69, 9.17) is 5.14 Å². The van der Waals surface area contributed by atoms with Crippen molar-refractivity contribution in [1.29, 1.82) is 0 Å². The van der Waals surface area contributed by atoms with Crippen LogP contribution in [0, 0.1) is 0 Å². The lowest BCUT2D eigenvalue weighted by atomic mass is 9.82. The van der Waals surface area contributed by atoms with Gasteiger partial charge in [0.2, 0.25) is 10.0 Å². The number of hydrogen-bond acceptors (Lipinski definition) is 4. The fourth-order valence-corrected chi connectivity index (χ4v) is 3.78. The van der Waals surface area contributed by atoms with Gasteiger partial charge in [-0.25, -0.2) is 13.6 Å². The Kier molecular flexibility index (Phi) is 4.07. The monoisotopic (exact) mass is 261 g/mol. The van der Waals surface area contributed by atoms with Gasteiger partial charge in [-0.05, 0) is 32.7 Å². The number of rotatable bonds is 4. The summed E-state index contributed by atoms with van der Waals surface area (Å²) in [6, 6.07) is 1.68. The lowest BCUT2D eigenvalue weighted by Crippen LogP contribution is -2.56. The fourth-order valence-electron chi connectivity index (χ4n) is 3.31. The van der Waals surface area contributed by atoms with Crippen LogP contribution in [0.25, 0.3) is 0 Å². The zero-order valence-corrected chi connectivity index (χ0v) is 11.2. The van der Waals surface area contributed by atoms with Crippen molar-refractivity contribution in [2.75, 3.05) is 19.3 Å². The lowest BCUT2D eigenvalue weighted by Gasteiger charge is -2.48. The van der Waals surface area contributed by atoms with E-state index in [2.05, 4.69) is 10.2 Å². The standard InChI is InChI=1S/C11H23N3O2S/c1-13-9-7-10-3-2-4-11(8-9)14(10)5-6-17(12,15)16/h9-11,13H,2-8H2,1H3,(H2,12,15,16). The summed E-state index contributed by atoms with van der Waals surface area (Å²) in [7, 11) is -1.32. The molecule has 17 heavy (non-hydrogen) atoms. The Hall–Kier alpha value is -0.170. The Labute approximate surface area is 104 Å². The third kappa shape index (κ3) is 3.40. The van der Waals surface area contributed by atoms with E-state index in [1.54, 1.807) is 0 Å². The third-order valence-electron chi connectivity index (χ3n) is 4.17. The summed E-state index contributed by atoms with van der Waals surface area (Å²) in [6.07, 6.45) is 5.94. The average molecular weight is 261 g/mol. The number of nitrogens with two attached hydrogens (primary N) is 1. The van der Waals surface area contributed by atoms with Crippen LogP contribution in [-0.4, -0.2) is 50.8 Å². The second-order valence-corrected chi connectivity index (χ2v) is 7.03. The molecule has 2 heterocycles. The fraction of sp³-hybridized carbons (Fsp3) is 1.00. The average Bonchev–Trinajstić information content (AvgIpc) is 2.24. The topological polar surface area (TPSA) is 75.4 Å². The van der Waals surface area contributed by atoms with E-state index >= 15 is 0 Å². The predicted octanol–water partition coefficient (Wildman–Crippen LogP) is -0.120. The van der Waals surface area contributed by atoms with Crippen LogP contribution in [-0.2, 0) is 10.0 Å². The van der Waals surface area contributed by atoms with Crippen molar-refractivity contribution in [3.63, 3.8) is 0 Å². The van der Waals surface area contributed by atoms with Crippen LogP contribution in [0.1, 0.15) is 32.1 Å². The molecule has 5 nitrogen and oxygen atoms in total. The zero-order chi connectivity index (χ0) is 12.5. The van der Waals surface area contributed by atoms with Crippen LogP contribution in [0.2, 0.25) is 0 Å². The number of primary sulfonamides is 1. The van der Waals surface area contributed by atoms with Gasteiger partial charge in [0.25, 0.3) is 0 Å². The molecule has 0 saturated carbocycles. The van der Waals surface area contributed by atoms with Crippen molar-refractivity contribution in [2.45, 2.75) is 50.2 Å². The van der Waals surface area contributed by atoms with E-state index in [9.17, 15) is 8.42 Å².